The first-order valence-corrected chi connectivity index (χ1v) is 9.83. The van der Waals surface area contributed by atoms with Crippen molar-refractivity contribution in [1.29, 1.82) is 0 Å². The fraction of sp³-hybridized carbons (Fsp3) is 0.647. The van der Waals surface area contributed by atoms with E-state index in [-0.39, 0.29) is 12.0 Å². The summed E-state index contributed by atoms with van der Waals surface area (Å²) in [7, 11) is -3.52. The zero-order valence-electron chi connectivity index (χ0n) is 13.4. The lowest BCUT2D eigenvalue weighted by Gasteiger charge is -2.26. The van der Waals surface area contributed by atoms with Crippen LogP contribution in [-0.4, -0.2) is 39.9 Å². The SMILES string of the molecule is O=S(=O)(NCC1(CCO)CCOC1)c1ccc2c(c1)CCCC2. The minimum atomic E-state index is -3.52. The van der Waals surface area contributed by atoms with Gasteiger partial charge in [0.2, 0.25) is 10.0 Å². The van der Waals surface area contributed by atoms with Crippen LogP contribution in [0.5, 0.6) is 0 Å². The summed E-state index contributed by atoms with van der Waals surface area (Å²) in [4.78, 5) is 0.344. The maximum Gasteiger partial charge on any atom is 0.240 e. The first kappa shape index (κ1) is 16.9. The van der Waals surface area contributed by atoms with Crippen molar-refractivity contribution >= 4 is 10.0 Å². The summed E-state index contributed by atoms with van der Waals surface area (Å²) in [6.45, 7) is 1.48. The Hall–Kier alpha value is -0.950. The van der Waals surface area contributed by atoms with Crippen molar-refractivity contribution in [1.82, 2.24) is 4.72 Å². The van der Waals surface area contributed by atoms with Crippen LogP contribution in [0.25, 0.3) is 0 Å². The van der Waals surface area contributed by atoms with E-state index in [2.05, 4.69) is 4.72 Å². The van der Waals surface area contributed by atoms with Gasteiger partial charge < -0.3 is 9.84 Å². The van der Waals surface area contributed by atoms with E-state index >= 15 is 0 Å². The Kier molecular flexibility index (Phi) is 5.06. The molecule has 5 nitrogen and oxygen atoms in total. The summed E-state index contributed by atoms with van der Waals surface area (Å²) in [5, 5.41) is 9.24. The average Bonchev–Trinajstić information content (AvgIpc) is 3.02. The van der Waals surface area contributed by atoms with Gasteiger partial charge in [0.1, 0.15) is 0 Å². The molecule has 1 aromatic carbocycles. The van der Waals surface area contributed by atoms with Crippen LogP contribution >= 0.6 is 0 Å². The molecule has 128 valence electrons. The number of hydrogen-bond acceptors (Lipinski definition) is 4. The van der Waals surface area contributed by atoms with Crippen molar-refractivity contribution in [2.75, 3.05) is 26.4 Å². The molecule has 1 saturated heterocycles. The van der Waals surface area contributed by atoms with Gasteiger partial charge in [-0.15, -0.1) is 0 Å². The molecule has 1 fully saturated rings. The molecule has 1 atom stereocenters. The maximum absolute atomic E-state index is 12.6. The van der Waals surface area contributed by atoms with E-state index in [0.717, 1.165) is 31.2 Å². The summed E-state index contributed by atoms with van der Waals surface area (Å²) in [6, 6.07) is 5.47. The van der Waals surface area contributed by atoms with Crippen LogP contribution in [0.4, 0.5) is 0 Å². The van der Waals surface area contributed by atoms with Crippen molar-refractivity contribution in [3.63, 3.8) is 0 Å². The van der Waals surface area contributed by atoms with Gasteiger partial charge in [-0.2, -0.15) is 0 Å². The Balaban J connectivity index is 1.74. The summed E-state index contributed by atoms with van der Waals surface area (Å²) in [5.41, 5.74) is 2.15. The largest absolute Gasteiger partial charge is 0.396 e. The summed E-state index contributed by atoms with van der Waals surface area (Å²) in [5.74, 6) is 0. The van der Waals surface area contributed by atoms with Crippen molar-refractivity contribution in [2.45, 2.75) is 43.4 Å². The fourth-order valence-corrected chi connectivity index (χ4v) is 4.73. The van der Waals surface area contributed by atoms with Crippen LogP contribution in [0.3, 0.4) is 0 Å². The van der Waals surface area contributed by atoms with Crippen LogP contribution in [-0.2, 0) is 27.6 Å². The van der Waals surface area contributed by atoms with Crippen LogP contribution in [0.2, 0.25) is 0 Å². The monoisotopic (exact) mass is 339 g/mol. The molecule has 1 aliphatic carbocycles. The van der Waals surface area contributed by atoms with Gasteiger partial charge in [0.15, 0.2) is 0 Å². The summed E-state index contributed by atoms with van der Waals surface area (Å²) in [6.07, 6.45) is 5.64. The highest BCUT2D eigenvalue weighted by Gasteiger charge is 2.35. The molecule has 2 aliphatic rings. The number of rotatable bonds is 6. The molecule has 0 amide bonds. The fourth-order valence-electron chi connectivity index (χ4n) is 3.52. The van der Waals surface area contributed by atoms with Gasteiger partial charge in [-0.3, -0.25) is 0 Å². The van der Waals surface area contributed by atoms with Crippen LogP contribution < -0.4 is 4.72 Å². The van der Waals surface area contributed by atoms with E-state index in [4.69, 9.17) is 4.74 Å². The molecule has 2 N–H and O–H groups in total. The molecule has 6 heteroatoms. The molecular weight excluding hydrogens is 314 g/mol. The van der Waals surface area contributed by atoms with Crippen molar-refractivity contribution in [3.05, 3.63) is 29.3 Å². The first-order valence-electron chi connectivity index (χ1n) is 8.35. The third-order valence-corrected chi connectivity index (χ3v) is 6.49. The van der Waals surface area contributed by atoms with Crippen LogP contribution in [0.15, 0.2) is 23.1 Å². The van der Waals surface area contributed by atoms with Gasteiger partial charge in [-0.1, -0.05) is 6.07 Å². The van der Waals surface area contributed by atoms with Gasteiger partial charge >= 0.3 is 0 Å². The molecular formula is C17H25NO4S. The van der Waals surface area contributed by atoms with Gasteiger partial charge in [0.05, 0.1) is 11.5 Å². The smallest absolute Gasteiger partial charge is 0.240 e. The van der Waals surface area contributed by atoms with E-state index in [1.165, 1.54) is 12.0 Å². The highest BCUT2D eigenvalue weighted by Crippen LogP contribution is 2.32. The molecule has 0 bridgehead atoms. The Morgan fingerprint density at radius 2 is 2.00 bits per heavy atom. The normalized spacial score (nSPS) is 24.6. The molecule has 0 spiro atoms. The number of aryl methyl sites for hydroxylation is 2. The van der Waals surface area contributed by atoms with Gasteiger partial charge in [0, 0.05) is 25.2 Å². The van der Waals surface area contributed by atoms with Gasteiger partial charge in [-0.05, 0) is 61.8 Å². The third kappa shape index (κ3) is 3.76. The highest BCUT2D eigenvalue weighted by molar-refractivity contribution is 7.89. The zero-order valence-corrected chi connectivity index (χ0v) is 14.2. The minimum absolute atomic E-state index is 0.0456. The topological polar surface area (TPSA) is 75.6 Å². The van der Waals surface area contributed by atoms with E-state index in [0.29, 0.717) is 31.1 Å². The highest BCUT2D eigenvalue weighted by atomic mass is 32.2. The number of aliphatic hydroxyl groups is 1. The van der Waals surface area contributed by atoms with E-state index in [1.54, 1.807) is 6.07 Å². The third-order valence-electron chi connectivity index (χ3n) is 5.09. The molecule has 0 aromatic heterocycles. The minimum Gasteiger partial charge on any atom is -0.396 e. The van der Waals surface area contributed by atoms with Crippen molar-refractivity contribution in [2.24, 2.45) is 5.41 Å². The maximum atomic E-state index is 12.6. The molecule has 23 heavy (non-hydrogen) atoms. The lowest BCUT2D eigenvalue weighted by molar-refractivity contribution is 0.128. The first-order chi connectivity index (χ1) is 11.0. The standard InChI is InChI=1S/C17H25NO4S/c19-9-7-17(8-10-22-13-17)12-18-23(20,21)16-6-5-14-3-1-2-4-15(14)11-16/h5-6,11,18-19H,1-4,7-10,12-13H2. The Bertz CT molecular complexity index is 651. The van der Waals surface area contributed by atoms with E-state index < -0.39 is 10.0 Å². The predicted octanol–water partition coefficient (Wildman–Crippen LogP) is 1.63. The number of ether oxygens (including phenoxy) is 1. The Morgan fingerprint density at radius 3 is 2.70 bits per heavy atom. The van der Waals surface area contributed by atoms with Crippen molar-refractivity contribution < 1.29 is 18.3 Å². The quantitative estimate of drug-likeness (QED) is 0.826. The number of nitrogens with one attached hydrogen (secondary N) is 1. The second-order valence-corrected chi connectivity index (χ2v) is 8.51. The predicted molar refractivity (Wildman–Crippen MR) is 87.8 cm³/mol. The molecule has 1 aromatic rings. The molecule has 1 unspecified atom stereocenters. The number of sulfonamides is 1. The van der Waals surface area contributed by atoms with E-state index in [9.17, 15) is 13.5 Å². The lowest BCUT2D eigenvalue weighted by Crippen LogP contribution is -2.38. The Morgan fingerprint density at radius 1 is 1.22 bits per heavy atom. The molecule has 0 saturated carbocycles. The van der Waals surface area contributed by atoms with E-state index in [1.807, 2.05) is 12.1 Å². The van der Waals surface area contributed by atoms with Crippen LogP contribution in [0, 0.1) is 5.41 Å². The number of fused-ring (bicyclic) bond motifs is 1. The molecule has 1 aliphatic heterocycles. The van der Waals surface area contributed by atoms with Gasteiger partial charge in [-0.25, -0.2) is 13.1 Å². The second-order valence-electron chi connectivity index (χ2n) is 6.74. The number of benzene rings is 1. The van der Waals surface area contributed by atoms with Gasteiger partial charge in [0.25, 0.3) is 0 Å². The van der Waals surface area contributed by atoms with Crippen molar-refractivity contribution in [3.8, 4) is 0 Å². The second kappa shape index (κ2) is 6.89. The average molecular weight is 339 g/mol. The molecule has 0 radical (unpaired) electrons. The molecule has 3 rings (SSSR count). The Labute approximate surface area is 138 Å². The molecule has 1 heterocycles. The zero-order chi connectivity index (χ0) is 16.3. The lowest BCUT2D eigenvalue weighted by atomic mass is 9.84. The number of aliphatic hydroxyl groups excluding tert-OH is 1. The van der Waals surface area contributed by atoms with Crippen LogP contribution in [0.1, 0.15) is 36.8 Å². The summed E-state index contributed by atoms with van der Waals surface area (Å²) < 4.78 is 33.4. The number of hydrogen-bond donors (Lipinski definition) is 2. The summed E-state index contributed by atoms with van der Waals surface area (Å²) >= 11 is 0.